The largest absolute Gasteiger partial charge is 0.337 e. The second kappa shape index (κ2) is 4.84. The summed E-state index contributed by atoms with van der Waals surface area (Å²) in [6.07, 6.45) is 5.03. The molecule has 16 heavy (non-hydrogen) atoms. The first-order valence-electron chi connectivity index (χ1n) is 6.16. The first-order valence-corrected chi connectivity index (χ1v) is 6.16. The van der Waals surface area contributed by atoms with Gasteiger partial charge in [0.2, 0.25) is 5.91 Å². The molecule has 2 unspecified atom stereocenters. The lowest BCUT2D eigenvalue weighted by Crippen LogP contribution is -2.61. The van der Waals surface area contributed by atoms with Gasteiger partial charge in [0.15, 0.2) is 0 Å². The Balaban J connectivity index is 2.05. The maximum absolute atomic E-state index is 12.2. The average molecular weight is 221 g/mol. The molecule has 2 fully saturated rings. The van der Waals surface area contributed by atoms with Gasteiger partial charge in [-0.1, -0.05) is 12.8 Å². The van der Waals surface area contributed by atoms with Crippen LogP contribution in [0.5, 0.6) is 0 Å². The van der Waals surface area contributed by atoms with Gasteiger partial charge in [-0.25, -0.2) is 0 Å². The van der Waals surface area contributed by atoms with Crippen LogP contribution >= 0.6 is 0 Å². The minimum atomic E-state index is -0.283. The zero-order chi connectivity index (χ0) is 11.5. The van der Waals surface area contributed by atoms with E-state index < -0.39 is 0 Å². The SMILES string of the molecule is CC1CN(C2CCCC2)C(=O)C(CC#N)N1. The highest BCUT2D eigenvalue weighted by atomic mass is 16.2. The Morgan fingerprint density at radius 3 is 2.81 bits per heavy atom. The number of amides is 1. The zero-order valence-electron chi connectivity index (χ0n) is 9.78. The molecule has 2 aliphatic rings. The maximum Gasteiger partial charge on any atom is 0.241 e. The molecule has 1 amide bonds. The summed E-state index contributed by atoms with van der Waals surface area (Å²) in [5.74, 6) is 0.131. The van der Waals surface area contributed by atoms with Gasteiger partial charge < -0.3 is 10.2 Å². The number of piperazine rings is 1. The van der Waals surface area contributed by atoms with Crippen LogP contribution in [0.2, 0.25) is 0 Å². The highest BCUT2D eigenvalue weighted by molar-refractivity contribution is 5.83. The van der Waals surface area contributed by atoms with Gasteiger partial charge in [0.25, 0.3) is 0 Å². The van der Waals surface area contributed by atoms with Gasteiger partial charge in [-0.2, -0.15) is 5.26 Å². The van der Waals surface area contributed by atoms with Crippen molar-refractivity contribution in [3.05, 3.63) is 0 Å². The third-order valence-electron chi connectivity index (χ3n) is 3.60. The number of nitrogens with zero attached hydrogens (tertiary/aromatic N) is 2. The van der Waals surface area contributed by atoms with Crippen LogP contribution in [0.15, 0.2) is 0 Å². The Labute approximate surface area is 96.6 Å². The van der Waals surface area contributed by atoms with Gasteiger partial charge in [0.1, 0.15) is 6.04 Å². The first-order chi connectivity index (χ1) is 7.72. The normalized spacial score (nSPS) is 31.8. The van der Waals surface area contributed by atoms with E-state index in [2.05, 4.69) is 18.3 Å². The molecule has 1 aliphatic carbocycles. The number of hydrogen-bond acceptors (Lipinski definition) is 3. The van der Waals surface area contributed by atoms with Crippen molar-refractivity contribution in [1.82, 2.24) is 10.2 Å². The number of carbonyl (C=O) groups is 1. The van der Waals surface area contributed by atoms with Crippen LogP contribution in [0.4, 0.5) is 0 Å². The Hall–Kier alpha value is -1.08. The smallest absolute Gasteiger partial charge is 0.241 e. The van der Waals surface area contributed by atoms with Crippen molar-refractivity contribution in [2.75, 3.05) is 6.54 Å². The lowest BCUT2D eigenvalue weighted by atomic mass is 10.0. The molecule has 4 heteroatoms. The van der Waals surface area contributed by atoms with Gasteiger partial charge >= 0.3 is 0 Å². The third-order valence-corrected chi connectivity index (χ3v) is 3.60. The fourth-order valence-electron chi connectivity index (χ4n) is 2.84. The molecule has 1 heterocycles. The van der Waals surface area contributed by atoms with Crippen molar-refractivity contribution in [1.29, 1.82) is 5.26 Å². The summed E-state index contributed by atoms with van der Waals surface area (Å²) in [5, 5.41) is 11.9. The van der Waals surface area contributed by atoms with Gasteiger partial charge in [0.05, 0.1) is 12.5 Å². The number of nitriles is 1. The summed E-state index contributed by atoms with van der Waals surface area (Å²) in [6.45, 7) is 2.88. The van der Waals surface area contributed by atoms with Crippen LogP contribution in [-0.4, -0.2) is 35.5 Å². The lowest BCUT2D eigenvalue weighted by Gasteiger charge is -2.39. The van der Waals surface area contributed by atoms with Crippen molar-refractivity contribution in [3.63, 3.8) is 0 Å². The molecular formula is C12H19N3O. The average Bonchev–Trinajstić information content (AvgIpc) is 2.76. The number of carbonyl (C=O) groups excluding carboxylic acids is 1. The molecule has 0 aromatic heterocycles. The summed E-state index contributed by atoms with van der Waals surface area (Å²) in [5.41, 5.74) is 0. The van der Waals surface area contributed by atoms with Crippen molar-refractivity contribution < 1.29 is 4.79 Å². The Morgan fingerprint density at radius 1 is 1.50 bits per heavy atom. The lowest BCUT2D eigenvalue weighted by molar-refractivity contribution is -0.139. The fraction of sp³-hybridized carbons (Fsp3) is 0.833. The number of rotatable bonds is 2. The highest BCUT2D eigenvalue weighted by Crippen LogP contribution is 2.25. The molecule has 0 aromatic carbocycles. The summed E-state index contributed by atoms with van der Waals surface area (Å²) < 4.78 is 0. The van der Waals surface area contributed by atoms with E-state index >= 15 is 0 Å². The Morgan fingerprint density at radius 2 is 2.19 bits per heavy atom. The van der Waals surface area contributed by atoms with Crippen LogP contribution < -0.4 is 5.32 Å². The molecule has 0 radical (unpaired) electrons. The molecule has 0 spiro atoms. The summed E-state index contributed by atoms with van der Waals surface area (Å²) in [4.78, 5) is 14.2. The third kappa shape index (κ3) is 2.19. The molecule has 0 bridgehead atoms. The quantitative estimate of drug-likeness (QED) is 0.757. The second-order valence-corrected chi connectivity index (χ2v) is 4.91. The Kier molecular flexibility index (Phi) is 3.45. The van der Waals surface area contributed by atoms with E-state index in [9.17, 15) is 4.79 Å². The predicted octanol–water partition coefficient (Wildman–Crippen LogP) is 1.03. The van der Waals surface area contributed by atoms with E-state index in [1.807, 2.05) is 4.90 Å². The molecule has 1 saturated heterocycles. The van der Waals surface area contributed by atoms with Crippen LogP contribution in [0.25, 0.3) is 0 Å². The van der Waals surface area contributed by atoms with Crippen LogP contribution in [0.1, 0.15) is 39.0 Å². The summed E-state index contributed by atoms with van der Waals surface area (Å²) >= 11 is 0. The predicted molar refractivity (Wildman–Crippen MR) is 60.6 cm³/mol. The molecule has 88 valence electrons. The Bertz CT molecular complexity index is 304. The molecule has 2 rings (SSSR count). The van der Waals surface area contributed by atoms with Gasteiger partial charge in [-0.15, -0.1) is 0 Å². The second-order valence-electron chi connectivity index (χ2n) is 4.91. The van der Waals surface area contributed by atoms with Gasteiger partial charge in [-0.3, -0.25) is 4.79 Å². The molecule has 1 saturated carbocycles. The molecule has 1 N–H and O–H groups in total. The molecule has 1 aliphatic heterocycles. The number of nitrogens with one attached hydrogen (secondary N) is 1. The minimum absolute atomic E-state index is 0.131. The van der Waals surface area contributed by atoms with E-state index in [0.717, 1.165) is 19.4 Å². The van der Waals surface area contributed by atoms with E-state index in [4.69, 9.17) is 5.26 Å². The van der Waals surface area contributed by atoms with Gasteiger partial charge in [0, 0.05) is 18.6 Å². The van der Waals surface area contributed by atoms with E-state index in [1.165, 1.54) is 12.8 Å². The zero-order valence-corrected chi connectivity index (χ0v) is 9.78. The fourth-order valence-corrected chi connectivity index (χ4v) is 2.84. The van der Waals surface area contributed by atoms with Crippen molar-refractivity contribution >= 4 is 5.91 Å². The van der Waals surface area contributed by atoms with Crippen LogP contribution in [-0.2, 0) is 4.79 Å². The van der Waals surface area contributed by atoms with Crippen molar-refractivity contribution in [2.45, 2.75) is 57.2 Å². The highest BCUT2D eigenvalue weighted by Gasteiger charge is 2.36. The minimum Gasteiger partial charge on any atom is -0.337 e. The topological polar surface area (TPSA) is 56.1 Å². The molecule has 4 nitrogen and oxygen atoms in total. The maximum atomic E-state index is 12.2. The summed E-state index contributed by atoms with van der Waals surface area (Å²) in [7, 11) is 0. The molecule has 0 aromatic rings. The van der Waals surface area contributed by atoms with Crippen molar-refractivity contribution in [2.24, 2.45) is 0 Å². The van der Waals surface area contributed by atoms with Gasteiger partial charge in [-0.05, 0) is 19.8 Å². The van der Waals surface area contributed by atoms with Crippen LogP contribution in [0, 0.1) is 11.3 Å². The van der Waals surface area contributed by atoms with E-state index in [1.54, 1.807) is 0 Å². The number of hydrogen-bond donors (Lipinski definition) is 1. The molecule has 2 atom stereocenters. The van der Waals surface area contributed by atoms with Crippen LogP contribution in [0.3, 0.4) is 0 Å². The van der Waals surface area contributed by atoms with E-state index in [-0.39, 0.29) is 18.4 Å². The van der Waals surface area contributed by atoms with E-state index in [0.29, 0.717) is 12.1 Å². The van der Waals surface area contributed by atoms with Crippen molar-refractivity contribution in [3.8, 4) is 6.07 Å². The monoisotopic (exact) mass is 221 g/mol. The summed E-state index contributed by atoms with van der Waals surface area (Å²) in [6, 6.07) is 2.54. The standard InChI is InChI=1S/C12H19N3O/c1-9-8-15(10-4-2-3-5-10)12(16)11(14-9)6-7-13/h9-11,14H,2-6,8H2,1H3. The molecular weight excluding hydrogens is 202 g/mol. The first kappa shape index (κ1) is 11.4.